The highest BCUT2D eigenvalue weighted by atomic mass is 35.5. The number of benzene rings is 1. The zero-order valence-electron chi connectivity index (χ0n) is 7.27. The van der Waals surface area contributed by atoms with Crippen LogP contribution in [0.3, 0.4) is 0 Å². The molecule has 0 radical (unpaired) electrons. The summed E-state index contributed by atoms with van der Waals surface area (Å²) in [6, 6.07) is 2.60. The second-order valence-corrected chi connectivity index (χ2v) is 3.12. The van der Waals surface area contributed by atoms with Crippen LogP contribution in [0.2, 0.25) is 5.02 Å². The lowest BCUT2D eigenvalue weighted by molar-refractivity contribution is 0.458. The van der Waals surface area contributed by atoms with Crippen molar-refractivity contribution in [1.29, 1.82) is 0 Å². The average Bonchev–Trinajstić information content (AvgIpc) is 2.12. The van der Waals surface area contributed by atoms with Gasteiger partial charge in [-0.3, -0.25) is 0 Å². The second kappa shape index (κ2) is 4.44. The summed E-state index contributed by atoms with van der Waals surface area (Å²) in [5.41, 5.74) is 0.266. The Balaban J connectivity index is 2.96. The molecule has 0 aliphatic carbocycles. The van der Waals surface area contributed by atoms with E-state index < -0.39 is 5.82 Å². The van der Waals surface area contributed by atoms with Crippen LogP contribution in [-0.2, 0) is 6.42 Å². The van der Waals surface area contributed by atoms with Crippen molar-refractivity contribution >= 4 is 11.6 Å². The van der Waals surface area contributed by atoms with E-state index in [0.29, 0.717) is 13.0 Å². The first kappa shape index (κ1) is 10.3. The molecule has 0 saturated carbocycles. The number of rotatable bonds is 3. The molecular formula is C9H11ClFNO. The summed E-state index contributed by atoms with van der Waals surface area (Å²) in [5, 5.41) is 12.5. The Morgan fingerprint density at radius 1 is 1.54 bits per heavy atom. The molecule has 0 aromatic heterocycles. The Hall–Kier alpha value is -0.800. The Morgan fingerprint density at radius 3 is 2.85 bits per heavy atom. The molecular weight excluding hydrogens is 193 g/mol. The highest BCUT2D eigenvalue weighted by molar-refractivity contribution is 6.32. The molecule has 0 bridgehead atoms. The number of halogens is 2. The fourth-order valence-corrected chi connectivity index (χ4v) is 1.25. The maximum absolute atomic E-state index is 13.1. The minimum Gasteiger partial charge on any atom is -0.506 e. The number of likely N-dealkylation sites (N-methyl/N-ethyl adjacent to an activating group) is 1. The van der Waals surface area contributed by atoms with Crippen LogP contribution in [0, 0.1) is 5.82 Å². The lowest BCUT2D eigenvalue weighted by Gasteiger charge is -2.06. The van der Waals surface area contributed by atoms with Gasteiger partial charge in [-0.15, -0.1) is 0 Å². The van der Waals surface area contributed by atoms with E-state index in [1.165, 1.54) is 12.1 Å². The van der Waals surface area contributed by atoms with E-state index in [9.17, 15) is 9.50 Å². The standard InChI is InChI=1S/C9H11ClFNO/c1-12-5-4-6-8(11)3-2-7(10)9(6)13/h2-3,12-13H,4-5H2,1H3. The van der Waals surface area contributed by atoms with E-state index >= 15 is 0 Å². The first-order valence-corrected chi connectivity index (χ1v) is 4.35. The molecule has 0 amide bonds. The summed E-state index contributed by atoms with van der Waals surface area (Å²) in [7, 11) is 1.76. The molecule has 0 unspecified atom stereocenters. The van der Waals surface area contributed by atoms with Gasteiger partial charge in [0.05, 0.1) is 5.02 Å². The normalized spacial score (nSPS) is 10.4. The number of hydrogen-bond acceptors (Lipinski definition) is 2. The van der Waals surface area contributed by atoms with Crippen LogP contribution in [0.25, 0.3) is 0 Å². The molecule has 0 atom stereocenters. The van der Waals surface area contributed by atoms with Crippen molar-refractivity contribution in [3.8, 4) is 5.75 Å². The molecule has 1 aromatic rings. The average molecular weight is 204 g/mol. The fraction of sp³-hybridized carbons (Fsp3) is 0.333. The number of phenolic OH excluding ortho intramolecular Hbond substituents is 1. The van der Waals surface area contributed by atoms with E-state index in [-0.39, 0.29) is 16.3 Å². The number of nitrogens with one attached hydrogen (secondary N) is 1. The molecule has 4 heteroatoms. The molecule has 72 valence electrons. The molecule has 0 spiro atoms. The van der Waals surface area contributed by atoms with Gasteiger partial charge in [-0.05, 0) is 32.1 Å². The highest BCUT2D eigenvalue weighted by Crippen LogP contribution is 2.29. The van der Waals surface area contributed by atoms with Gasteiger partial charge in [0.25, 0.3) is 0 Å². The Labute approximate surface area is 81.3 Å². The summed E-state index contributed by atoms with van der Waals surface area (Å²) < 4.78 is 13.1. The highest BCUT2D eigenvalue weighted by Gasteiger charge is 2.10. The molecule has 2 nitrogen and oxygen atoms in total. The Morgan fingerprint density at radius 2 is 2.23 bits per heavy atom. The first-order valence-electron chi connectivity index (χ1n) is 3.97. The zero-order valence-corrected chi connectivity index (χ0v) is 8.03. The minimum atomic E-state index is -0.419. The van der Waals surface area contributed by atoms with Crippen LogP contribution in [-0.4, -0.2) is 18.7 Å². The smallest absolute Gasteiger partial charge is 0.140 e. The molecule has 2 N–H and O–H groups in total. The van der Waals surface area contributed by atoms with E-state index in [4.69, 9.17) is 11.6 Å². The van der Waals surface area contributed by atoms with Crippen LogP contribution in [0.1, 0.15) is 5.56 Å². The van der Waals surface area contributed by atoms with E-state index in [1.54, 1.807) is 7.05 Å². The van der Waals surface area contributed by atoms with Crippen molar-refractivity contribution < 1.29 is 9.50 Å². The van der Waals surface area contributed by atoms with Crippen LogP contribution in [0.15, 0.2) is 12.1 Å². The summed E-state index contributed by atoms with van der Waals surface area (Å²) in [5.74, 6) is -0.575. The van der Waals surface area contributed by atoms with Crippen molar-refractivity contribution in [2.45, 2.75) is 6.42 Å². The van der Waals surface area contributed by atoms with Crippen LogP contribution in [0.5, 0.6) is 5.75 Å². The maximum atomic E-state index is 13.1. The van der Waals surface area contributed by atoms with Gasteiger partial charge in [0.15, 0.2) is 0 Å². The van der Waals surface area contributed by atoms with E-state index in [2.05, 4.69) is 5.32 Å². The third kappa shape index (κ3) is 2.32. The van der Waals surface area contributed by atoms with Gasteiger partial charge in [0.1, 0.15) is 11.6 Å². The summed E-state index contributed by atoms with van der Waals surface area (Å²) in [6.07, 6.45) is 0.425. The predicted molar refractivity (Wildman–Crippen MR) is 50.7 cm³/mol. The maximum Gasteiger partial charge on any atom is 0.140 e. The Bertz CT molecular complexity index is 304. The van der Waals surface area contributed by atoms with Crippen molar-refractivity contribution in [2.24, 2.45) is 0 Å². The number of aromatic hydroxyl groups is 1. The monoisotopic (exact) mass is 203 g/mol. The lowest BCUT2D eigenvalue weighted by Crippen LogP contribution is -2.11. The van der Waals surface area contributed by atoms with Crippen LogP contribution >= 0.6 is 11.6 Å². The Kier molecular flexibility index (Phi) is 3.51. The van der Waals surface area contributed by atoms with Gasteiger partial charge in [-0.25, -0.2) is 4.39 Å². The topological polar surface area (TPSA) is 32.3 Å². The number of hydrogen-bond donors (Lipinski definition) is 2. The molecule has 0 fully saturated rings. The van der Waals surface area contributed by atoms with E-state index in [1.807, 2.05) is 0 Å². The van der Waals surface area contributed by atoms with E-state index in [0.717, 1.165) is 0 Å². The van der Waals surface area contributed by atoms with Gasteiger partial charge in [-0.2, -0.15) is 0 Å². The summed E-state index contributed by atoms with van der Waals surface area (Å²) >= 11 is 5.63. The van der Waals surface area contributed by atoms with Gasteiger partial charge in [0.2, 0.25) is 0 Å². The van der Waals surface area contributed by atoms with Crippen LogP contribution in [0.4, 0.5) is 4.39 Å². The molecule has 0 aliphatic heterocycles. The van der Waals surface area contributed by atoms with Gasteiger partial charge in [0, 0.05) is 5.56 Å². The molecule has 0 saturated heterocycles. The largest absolute Gasteiger partial charge is 0.506 e. The van der Waals surface area contributed by atoms with Gasteiger partial charge >= 0.3 is 0 Å². The molecule has 1 aromatic carbocycles. The van der Waals surface area contributed by atoms with Gasteiger partial charge < -0.3 is 10.4 Å². The van der Waals surface area contributed by atoms with Crippen molar-refractivity contribution in [2.75, 3.05) is 13.6 Å². The second-order valence-electron chi connectivity index (χ2n) is 2.71. The third-order valence-corrected chi connectivity index (χ3v) is 2.11. The summed E-state index contributed by atoms with van der Waals surface area (Å²) in [6.45, 7) is 0.602. The zero-order chi connectivity index (χ0) is 9.84. The van der Waals surface area contributed by atoms with Gasteiger partial charge in [-0.1, -0.05) is 11.6 Å². The van der Waals surface area contributed by atoms with Crippen molar-refractivity contribution in [3.05, 3.63) is 28.5 Å². The third-order valence-electron chi connectivity index (χ3n) is 1.80. The molecule has 0 aliphatic rings. The first-order chi connectivity index (χ1) is 6.16. The lowest BCUT2D eigenvalue weighted by atomic mass is 10.1. The minimum absolute atomic E-state index is 0.156. The molecule has 0 heterocycles. The predicted octanol–water partition coefficient (Wildman–Crippen LogP) is 1.95. The molecule has 1 rings (SSSR count). The summed E-state index contributed by atoms with van der Waals surface area (Å²) in [4.78, 5) is 0. The quantitative estimate of drug-likeness (QED) is 0.787. The SMILES string of the molecule is CNCCc1c(F)ccc(Cl)c1O. The van der Waals surface area contributed by atoms with Crippen molar-refractivity contribution in [3.63, 3.8) is 0 Å². The number of phenols is 1. The fourth-order valence-electron chi connectivity index (χ4n) is 1.07. The molecule has 13 heavy (non-hydrogen) atoms. The van der Waals surface area contributed by atoms with Crippen molar-refractivity contribution in [1.82, 2.24) is 5.32 Å². The van der Waals surface area contributed by atoms with Crippen LogP contribution < -0.4 is 5.32 Å².